The van der Waals surface area contributed by atoms with Crippen molar-refractivity contribution in [3.63, 3.8) is 0 Å². The van der Waals surface area contributed by atoms with Gasteiger partial charge in [0.2, 0.25) is 5.91 Å². The molecule has 0 bridgehead atoms. The minimum atomic E-state index is -0.109. The van der Waals surface area contributed by atoms with E-state index in [0.717, 1.165) is 49.7 Å². The monoisotopic (exact) mass is 550 g/mol. The number of halogens is 2. The number of hydrogen-bond donors (Lipinski definition) is 2. The van der Waals surface area contributed by atoms with Crippen molar-refractivity contribution in [2.75, 3.05) is 38.1 Å². The van der Waals surface area contributed by atoms with Crippen LogP contribution < -0.4 is 10.6 Å². The number of hydrogen-bond acceptors (Lipinski definition) is 4. The number of aliphatic imine (C=N–C) groups is 1. The number of piperidine rings is 1. The maximum Gasteiger partial charge on any atom is 0.309 e. The summed E-state index contributed by atoms with van der Waals surface area (Å²) in [7, 11) is 0. The highest BCUT2D eigenvalue weighted by molar-refractivity contribution is 14.0. The molecule has 30 heavy (non-hydrogen) atoms. The second kappa shape index (κ2) is 13.7. The van der Waals surface area contributed by atoms with Crippen LogP contribution in [0.1, 0.15) is 38.7 Å². The van der Waals surface area contributed by atoms with Gasteiger partial charge in [-0.15, -0.1) is 24.0 Å². The fourth-order valence-corrected chi connectivity index (χ4v) is 3.41. The Morgan fingerprint density at radius 2 is 1.97 bits per heavy atom. The summed E-state index contributed by atoms with van der Waals surface area (Å²) < 4.78 is 5.12. The van der Waals surface area contributed by atoms with Crippen LogP contribution in [0, 0.1) is 12.8 Å². The SMILES string of the molecule is CCNC(=NCCC(=O)Nc1cccc(Cl)c1C)N1CCC(C(=O)OCC)CC1.I. The van der Waals surface area contributed by atoms with Crippen LogP contribution in [0.5, 0.6) is 0 Å². The zero-order valence-corrected chi connectivity index (χ0v) is 21.0. The molecule has 0 saturated carbocycles. The maximum absolute atomic E-state index is 12.3. The topological polar surface area (TPSA) is 83.0 Å². The molecule has 168 valence electrons. The maximum atomic E-state index is 12.3. The smallest absolute Gasteiger partial charge is 0.309 e. The van der Waals surface area contributed by atoms with Gasteiger partial charge in [0.05, 0.1) is 19.1 Å². The third-order valence-electron chi connectivity index (χ3n) is 4.89. The van der Waals surface area contributed by atoms with Crippen molar-refractivity contribution in [2.24, 2.45) is 10.9 Å². The lowest BCUT2D eigenvalue weighted by Gasteiger charge is -2.33. The van der Waals surface area contributed by atoms with Gasteiger partial charge in [-0.3, -0.25) is 14.6 Å². The lowest BCUT2D eigenvalue weighted by atomic mass is 9.97. The molecule has 1 aromatic carbocycles. The third-order valence-corrected chi connectivity index (χ3v) is 5.30. The first-order chi connectivity index (χ1) is 14.0. The molecule has 1 fully saturated rings. The van der Waals surface area contributed by atoms with Crippen molar-refractivity contribution in [3.05, 3.63) is 28.8 Å². The number of esters is 1. The minimum absolute atomic E-state index is 0. The second-order valence-electron chi connectivity index (χ2n) is 6.96. The standard InChI is InChI=1S/C21H31ClN4O3.HI/c1-4-23-21(26-13-10-16(11-14-26)20(28)29-5-2)24-12-9-19(27)25-18-8-6-7-17(22)15(18)3;/h6-8,16H,4-5,9-14H2,1-3H3,(H,23,24)(H,25,27);1H. The van der Waals surface area contributed by atoms with Crippen molar-refractivity contribution >= 4 is 59.1 Å². The van der Waals surface area contributed by atoms with Gasteiger partial charge in [-0.05, 0) is 51.3 Å². The molecule has 0 aromatic heterocycles. The fourth-order valence-electron chi connectivity index (χ4n) is 3.23. The summed E-state index contributed by atoms with van der Waals surface area (Å²) in [6, 6.07) is 5.44. The number of carbonyl (C=O) groups excluding carboxylic acids is 2. The first-order valence-corrected chi connectivity index (χ1v) is 10.6. The van der Waals surface area contributed by atoms with E-state index in [-0.39, 0.29) is 48.2 Å². The highest BCUT2D eigenvalue weighted by Gasteiger charge is 2.27. The number of ether oxygens (including phenoxy) is 1. The molecular weight excluding hydrogens is 519 g/mol. The molecule has 1 saturated heterocycles. The summed E-state index contributed by atoms with van der Waals surface area (Å²) in [6.45, 7) is 8.73. The van der Waals surface area contributed by atoms with Gasteiger partial charge in [0.15, 0.2) is 5.96 Å². The fraction of sp³-hybridized carbons (Fsp3) is 0.571. The van der Waals surface area contributed by atoms with Crippen molar-refractivity contribution < 1.29 is 14.3 Å². The Morgan fingerprint density at radius 1 is 1.27 bits per heavy atom. The summed E-state index contributed by atoms with van der Waals surface area (Å²) in [6.07, 6.45) is 1.77. The molecule has 1 aliphatic heterocycles. The van der Waals surface area contributed by atoms with Gasteiger partial charge in [-0.1, -0.05) is 17.7 Å². The molecule has 7 nitrogen and oxygen atoms in total. The number of anilines is 1. The first kappa shape index (κ1) is 26.5. The second-order valence-corrected chi connectivity index (χ2v) is 7.37. The zero-order valence-electron chi connectivity index (χ0n) is 17.9. The average molecular weight is 551 g/mol. The predicted octanol–water partition coefficient (Wildman–Crippen LogP) is 3.84. The summed E-state index contributed by atoms with van der Waals surface area (Å²) in [5, 5.41) is 6.79. The molecular formula is C21H32ClIN4O3. The Kier molecular flexibility index (Phi) is 12.1. The average Bonchev–Trinajstić information content (AvgIpc) is 2.71. The number of rotatable bonds is 7. The normalized spacial score (nSPS) is 14.7. The lowest BCUT2D eigenvalue weighted by Crippen LogP contribution is -2.46. The molecule has 0 radical (unpaired) electrons. The molecule has 0 unspecified atom stereocenters. The van der Waals surface area contributed by atoms with Gasteiger partial charge in [0.1, 0.15) is 0 Å². The van der Waals surface area contributed by atoms with Gasteiger partial charge >= 0.3 is 5.97 Å². The van der Waals surface area contributed by atoms with E-state index in [1.54, 1.807) is 6.07 Å². The third kappa shape index (κ3) is 7.94. The van der Waals surface area contributed by atoms with Crippen molar-refractivity contribution in [1.82, 2.24) is 10.2 Å². The summed E-state index contributed by atoms with van der Waals surface area (Å²) in [4.78, 5) is 30.9. The van der Waals surface area contributed by atoms with Crippen LogP contribution in [-0.2, 0) is 14.3 Å². The molecule has 2 rings (SSSR count). The van der Waals surface area contributed by atoms with Crippen LogP contribution in [0.25, 0.3) is 0 Å². The zero-order chi connectivity index (χ0) is 21.2. The van der Waals surface area contributed by atoms with E-state index in [9.17, 15) is 9.59 Å². The van der Waals surface area contributed by atoms with Crippen LogP contribution in [0.4, 0.5) is 5.69 Å². The van der Waals surface area contributed by atoms with Gasteiger partial charge in [-0.2, -0.15) is 0 Å². The van der Waals surface area contributed by atoms with Gasteiger partial charge < -0.3 is 20.3 Å². The Balaban J connectivity index is 0.00000450. The highest BCUT2D eigenvalue weighted by Crippen LogP contribution is 2.23. The molecule has 1 amide bonds. The Labute approximate surface area is 201 Å². The Bertz CT molecular complexity index is 737. The number of likely N-dealkylation sites (tertiary alicyclic amines) is 1. The van der Waals surface area contributed by atoms with E-state index < -0.39 is 0 Å². The van der Waals surface area contributed by atoms with Crippen molar-refractivity contribution in [2.45, 2.75) is 40.0 Å². The lowest BCUT2D eigenvalue weighted by molar-refractivity contribution is -0.149. The molecule has 1 heterocycles. The van der Waals surface area contributed by atoms with E-state index >= 15 is 0 Å². The quantitative estimate of drug-likeness (QED) is 0.233. The van der Waals surface area contributed by atoms with E-state index in [1.807, 2.05) is 32.9 Å². The Hall–Kier alpha value is -1.55. The van der Waals surface area contributed by atoms with E-state index in [2.05, 4.69) is 20.5 Å². The highest BCUT2D eigenvalue weighted by atomic mass is 127. The van der Waals surface area contributed by atoms with Gasteiger partial charge in [-0.25, -0.2) is 0 Å². The number of amides is 1. The van der Waals surface area contributed by atoms with Crippen molar-refractivity contribution in [1.29, 1.82) is 0 Å². The number of carbonyl (C=O) groups is 2. The van der Waals surface area contributed by atoms with Crippen LogP contribution in [0.3, 0.4) is 0 Å². The molecule has 9 heteroatoms. The number of benzene rings is 1. The molecule has 0 spiro atoms. The van der Waals surface area contributed by atoms with E-state index in [4.69, 9.17) is 16.3 Å². The molecule has 0 aliphatic carbocycles. The van der Waals surface area contributed by atoms with Crippen LogP contribution in [0.2, 0.25) is 5.02 Å². The van der Waals surface area contributed by atoms with Crippen LogP contribution in [-0.4, -0.2) is 55.5 Å². The first-order valence-electron chi connectivity index (χ1n) is 10.2. The van der Waals surface area contributed by atoms with E-state index in [1.165, 1.54) is 0 Å². The largest absolute Gasteiger partial charge is 0.466 e. The van der Waals surface area contributed by atoms with Gasteiger partial charge in [0.25, 0.3) is 0 Å². The molecule has 1 aromatic rings. The molecule has 0 atom stereocenters. The van der Waals surface area contributed by atoms with Crippen molar-refractivity contribution in [3.8, 4) is 0 Å². The summed E-state index contributed by atoms with van der Waals surface area (Å²) in [5.74, 6) is 0.528. The number of guanidine groups is 1. The van der Waals surface area contributed by atoms with E-state index in [0.29, 0.717) is 18.2 Å². The number of nitrogens with zero attached hydrogens (tertiary/aromatic N) is 2. The minimum Gasteiger partial charge on any atom is -0.466 e. The summed E-state index contributed by atoms with van der Waals surface area (Å²) >= 11 is 6.10. The Morgan fingerprint density at radius 3 is 2.60 bits per heavy atom. The summed E-state index contributed by atoms with van der Waals surface area (Å²) in [5.41, 5.74) is 1.57. The predicted molar refractivity (Wildman–Crippen MR) is 132 cm³/mol. The number of nitrogens with one attached hydrogen (secondary N) is 2. The van der Waals surface area contributed by atoms with Crippen LogP contribution >= 0.6 is 35.6 Å². The van der Waals surface area contributed by atoms with Gasteiger partial charge in [0, 0.05) is 36.8 Å². The molecule has 1 aliphatic rings. The molecule has 2 N–H and O–H groups in total. The van der Waals surface area contributed by atoms with Crippen LogP contribution in [0.15, 0.2) is 23.2 Å².